The number of benzene rings is 2. The lowest BCUT2D eigenvalue weighted by molar-refractivity contribution is -0.128. The van der Waals surface area contributed by atoms with Crippen molar-refractivity contribution in [2.75, 3.05) is 27.3 Å². The second-order valence-corrected chi connectivity index (χ2v) is 16.7. The molecule has 12 heteroatoms. The molecular weight excluding hydrogens is 757 g/mol. The molecule has 10 atom stereocenters. The Morgan fingerprint density at radius 2 is 1.00 bits per heavy atom. The Labute approximate surface area is 351 Å². The summed E-state index contributed by atoms with van der Waals surface area (Å²) in [5.74, 6) is -0.573. The third-order valence-corrected chi connectivity index (χ3v) is 13.3. The summed E-state index contributed by atoms with van der Waals surface area (Å²) in [5.41, 5.74) is 5.23. The van der Waals surface area contributed by atoms with Gasteiger partial charge in [-0.3, -0.25) is 29.0 Å². The summed E-state index contributed by atoms with van der Waals surface area (Å²) in [4.78, 5) is 56.2. The van der Waals surface area contributed by atoms with E-state index in [1.807, 2.05) is 170 Å². The van der Waals surface area contributed by atoms with Crippen LogP contribution in [0.25, 0.3) is 12.2 Å². The topological polar surface area (TPSA) is 149 Å². The number of fused-ring (bicyclic) bond motifs is 6. The quantitative estimate of drug-likeness (QED) is 0.180. The highest BCUT2D eigenvalue weighted by Crippen LogP contribution is 2.49. The van der Waals surface area contributed by atoms with Crippen molar-refractivity contribution in [1.29, 1.82) is 0 Å². The summed E-state index contributed by atoms with van der Waals surface area (Å²) in [7, 11) is 3.84. The number of amides is 2. The maximum absolute atomic E-state index is 13.2. The van der Waals surface area contributed by atoms with Gasteiger partial charge < -0.3 is 30.0 Å². The first-order valence-electron chi connectivity index (χ1n) is 21.0. The summed E-state index contributed by atoms with van der Waals surface area (Å²) < 4.78 is 3.62. The molecule has 0 aliphatic carbocycles. The van der Waals surface area contributed by atoms with E-state index in [0.717, 1.165) is 22.5 Å². The molecule has 12 nitrogen and oxygen atoms in total. The number of aromatic nitrogens is 2. The first-order valence-corrected chi connectivity index (χ1v) is 21.0. The number of hydrogen-bond acceptors (Lipinski definition) is 8. The van der Waals surface area contributed by atoms with E-state index < -0.39 is 12.1 Å². The zero-order valence-corrected chi connectivity index (χ0v) is 35.3. The Balaban J connectivity index is 0.000000181. The highest BCUT2D eigenvalue weighted by Gasteiger charge is 2.55. The minimum absolute atomic E-state index is 0.0104. The maximum atomic E-state index is 13.2. The van der Waals surface area contributed by atoms with Gasteiger partial charge in [-0.05, 0) is 77.2 Å². The highest BCUT2D eigenvalue weighted by atomic mass is 16.3. The van der Waals surface area contributed by atoms with E-state index >= 15 is 0 Å². The number of likely N-dealkylation sites (tertiary alicyclic amines) is 2. The number of rotatable bonds is 10. The number of likely N-dealkylation sites (N-methyl/N-ethyl adjacent to an activating group) is 2. The van der Waals surface area contributed by atoms with E-state index in [9.17, 15) is 29.4 Å². The van der Waals surface area contributed by atoms with Crippen molar-refractivity contribution in [3.05, 3.63) is 151 Å². The molecule has 4 aromatic rings. The number of hydrogen-bond donors (Lipinski definition) is 4. The van der Waals surface area contributed by atoms with Crippen LogP contribution >= 0.6 is 0 Å². The van der Waals surface area contributed by atoms with Crippen LogP contribution in [-0.2, 0) is 22.7 Å². The Morgan fingerprint density at radius 1 is 0.633 bits per heavy atom. The van der Waals surface area contributed by atoms with E-state index in [1.54, 1.807) is 0 Å². The van der Waals surface area contributed by atoms with Gasteiger partial charge in [-0.15, -0.1) is 0 Å². The van der Waals surface area contributed by atoms with Crippen molar-refractivity contribution in [2.45, 2.75) is 77.0 Å². The van der Waals surface area contributed by atoms with Crippen molar-refractivity contribution >= 4 is 24.0 Å². The number of carbonyl (C=O) groups is 2. The number of aliphatic hydroxyl groups excluding tert-OH is 2. The van der Waals surface area contributed by atoms with Gasteiger partial charge in [0.1, 0.15) is 0 Å². The summed E-state index contributed by atoms with van der Waals surface area (Å²) in [6.45, 7) is 8.59. The average Bonchev–Trinajstić information content (AvgIpc) is 3.98. The fourth-order valence-corrected chi connectivity index (χ4v) is 10.4. The fourth-order valence-electron chi connectivity index (χ4n) is 10.4. The molecule has 0 unspecified atom stereocenters. The molecule has 0 bridgehead atoms. The third kappa shape index (κ3) is 7.73. The number of aliphatic hydroxyl groups is 2. The van der Waals surface area contributed by atoms with Gasteiger partial charge in [-0.2, -0.15) is 0 Å². The lowest BCUT2D eigenvalue weighted by atomic mass is 9.88. The molecule has 316 valence electrons. The fraction of sp³-hybridized carbons (Fsp3) is 0.417. The van der Waals surface area contributed by atoms with Crippen molar-refractivity contribution in [1.82, 2.24) is 29.6 Å². The first-order chi connectivity index (χ1) is 28.9. The second-order valence-electron chi connectivity index (χ2n) is 16.7. The smallest absolute Gasteiger partial charge is 0.258 e. The summed E-state index contributed by atoms with van der Waals surface area (Å²) in [5, 5.41) is 26.6. The van der Waals surface area contributed by atoms with Gasteiger partial charge in [0.15, 0.2) is 0 Å². The Hall–Kier alpha value is -5.40. The van der Waals surface area contributed by atoms with Gasteiger partial charge in [0, 0.05) is 72.5 Å². The summed E-state index contributed by atoms with van der Waals surface area (Å²) in [6, 6.07) is 26.1. The van der Waals surface area contributed by atoms with Crippen LogP contribution in [0.2, 0.25) is 0 Å². The van der Waals surface area contributed by atoms with Crippen molar-refractivity contribution in [2.24, 2.45) is 23.7 Å². The summed E-state index contributed by atoms with van der Waals surface area (Å²) >= 11 is 0. The monoisotopic (exact) mass is 814 g/mol. The molecule has 0 saturated carbocycles. The lowest BCUT2D eigenvalue weighted by Crippen LogP contribution is -2.47. The van der Waals surface area contributed by atoms with Crippen LogP contribution in [0.3, 0.4) is 0 Å². The summed E-state index contributed by atoms with van der Waals surface area (Å²) in [6.07, 6.45) is 7.35. The van der Waals surface area contributed by atoms with Gasteiger partial charge in [0.25, 0.3) is 11.1 Å². The third-order valence-electron chi connectivity index (χ3n) is 13.3. The number of carbonyl (C=O) groups excluding carboxylic acids is 2. The van der Waals surface area contributed by atoms with Gasteiger partial charge in [-0.1, -0.05) is 85.0 Å². The predicted molar refractivity (Wildman–Crippen MR) is 234 cm³/mol. The van der Waals surface area contributed by atoms with E-state index in [2.05, 4.69) is 10.6 Å². The SMILES string of the molecule is C/C=C/c1ccc2n(c1=O)C[C@H]1[C@H](CO)[C@@H](C(=O)N[C@@H](C)c3ccccc3)N(C)[C@@H]21.C/C=C\c1ccc2n(c1=O)C[C@H]1[C@H](CO)[C@@H](C(=O)N[C@@H](C)c3ccccc3)N(C)[C@@H]21. The maximum Gasteiger partial charge on any atom is 0.258 e. The van der Waals surface area contributed by atoms with Gasteiger partial charge in [0.05, 0.1) is 36.3 Å². The van der Waals surface area contributed by atoms with E-state index in [1.165, 1.54) is 0 Å². The molecule has 0 spiro atoms. The van der Waals surface area contributed by atoms with E-state index in [-0.39, 0.29) is 84.0 Å². The molecule has 2 aromatic heterocycles. The molecule has 2 fully saturated rings. The van der Waals surface area contributed by atoms with Crippen LogP contribution in [0.15, 0.2) is 107 Å². The molecule has 8 rings (SSSR count). The van der Waals surface area contributed by atoms with Crippen molar-refractivity contribution in [3.8, 4) is 0 Å². The molecule has 2 aromatic carbocycles. The zero-order valence-electron chi connectivity index (χ0n) is 35.3. The molecule has 4 N–H and O–H groups in total. The van der Waals surface area contributed by atoms with Crippen LogP contribution in [0.1, 0.15) is 85.5 Å². The molecule has 6 heterocycles. The molecule has 2 amide bonds. The zero-order chi connectivity index (χ0) is 42.8. The number of nitrogens with zero attached hydrogens (tertiary/aromatic N) is 4. The van der Waals surface area contributed by atoms with Crippen LogP contribution in [0, 0.1) is 23.7 Å². The Bertz CT molecular complexity index is 2190. The molecule has 0 radical (unpaired) electrons. The number of pyridine rings is 2. The lowest BCUT2D eigenvalue weighted by Gasteiger charge is -2.28. The first kappa shape index (κ1) is 42.7. The molecule has 4 aliphatic rings. The van der Waals surface area contributed by atoms with Crippen LogP contribution in [0.4, 0.5) is 0 Å². The molecule has 60 heavy (non-hydrogen) atoms. The minimum atomic E-state index is -0.435. The molecule has 4 aliphatic heterocycles. The minimum Gasteiger partial charge on any atom is -0.396 e. The van der Waals surface area contributed by atoms with Crippen LogP contribution < -0.4 is 21.8 Å². The van der Waals surface area contributed by atoms with E-state index in [4.69, 9.17) is 0 Å². The van der Waals surface area contributed by atoms with Crippen LogP contribution in [0.5, 0.6) is 0 Å². The second kappa shape index (κ2) is 18.1. The predicted octanol–water partition coefficient (Wildman–Crippen LogP) is 4.70. The van der Waals surface area contributed by atoms with E-state index in [0.29, 0.717) is 24.2 Å². The van der Waals surface area contributed by atoms with Crippen molar-refractivity contribution in [3.63, 3.8) is 0 Å². The van der Waals surface area contributed by atoms with Crippen molar-refractivity contribution < 1.29 is 19.8 Å². The average molecular weight is 815 g/mol. The largest absolute Gasteiger partial charge is 0.396 e. The van der Waals surface area contributed by atoms with Gasteiger partial charge in [0.2, 0.25) is 11.8 Å². The van der Waals surface area contributed by atoms with Gasteiger partial charge in [-0.25, -0.2) is 0 Å². The number of nitrogens with one attached hydrogen (secondary N) is 2. The standard InChI is InChI=1S/2C24H29N3O3/c2*1-4-8-17-11-12-20-21-18(13-27(20)24(17)30)19(14-28)22(26(21)3)23(29)25-15(2)16-9-6-5-7-10-16/h2*4-12,15,18-19,21-22,28H,13-14H2,1-3H3,(H,25,29)/b8-4+;8-4-/t2*15-,18-,19-,21+,22-/m00/s1. The highest BCUT2D eigenvalue weighted by molar-refractivity contribution is 5.84. The molecule has 2 saturated heterocycles. The van der Waals surface area contributed by atoms with Gasteiger partial charge >= 0.3 is 0 Å². The Morgan fingerprint density at radius 3 is 1.33 bits per heavy atom. The normalized spacial score (nSPS) is 26.5. The number of allylic oxidation sites excluding steroid dienone is 2. The Kier molecular flexibility index (Phi) is 12.9. The van der Waals surface area contributed by atoms with Crippen LogP contribution in [-0.4, -0.2) is 80.4 Å². The molecular formula is C48H58N6O6.